The van der Waals surface area contributed by atoms with Crippen LogP contribution >= 0.6 is 0 Å². The molecule has 1 saturated heterocycles. The maximum Gasteiger partial charge on any atom is 0.243 e. The second-order valence-electron chi connectivity index (χ2n) is 7.58. The van der Waals surface area contributed by atoms with E-state index in [0.717, 1.165) is 5.75 Å². The van der Waals surface area contributed by atoms with Gasteiger partial charge in [-0.25, -0.2) is 8.42 Å². The van der Waals surface area contributed by atoms with Crippen molar-refractivity contribution < 1.29 is 27.4 Å². The summed E-state index contributed by atoms with van der Waals surface area (Å²) in [6.07, 6.45) is 0.556. The summed E-state index contributed by atoms with van der Waals surface area (Å²) in [5.74, 6) is 1.16. The third-order valence-corrected chi connectivity index (χ3v) is 7.03. The number of ether oxygens (including phenoxy) is 3. The molecule has 8 nitrogen and oxygen atoms in total. The Hall–Kier alpha value is -2.62. The summed E-state index contributed by atoms with van der Waals surface area (Å²) in [7, 11) is -2.09. The number of benzene rings is 2. The minimum absolute atomic E-state index is 0.141. The van der Waals surface area contributed by atoms with Crippen LogP contribution in [0, 0.1) is 0 Å². The van der Waals surface area contributed by atoms with Gasteiger partial charge in [0, 0.05) is 19.5 Å². The number of sulfonamides is 1. The van der Waals surface area contributed by atoms with Gasteiger partial charge < -0.3 is 19.5 Å². The Morgan fingerprint density at radius 2 is 1.88 bits per heavy atom. The molecule has 0 aromatic heterocycles. The molecule has 1 N–H and O–H groups in total. The van der Waals surface area contributed by atoms with Crippen molar-refractivity contribution in [3.63, 3.8) is 0 Å². The van der Waals surface area contributed by atoms with Crippen LogP contribution < -0.4 is 14.8 Å². The van der Waals surface area contributed by atoms with E-state index in [1.807, 2.05) is 37.3 Å². The lowest BCUT2D eigenvalue weighted by molar-refractivity contribution is -0.121. The zero-order chi connectivity index (χ0) is 23.0. The molecule has 2 aromatic carbocycles. The Labute approximate surface area is 189 Å². The molecule has 9 heteroatoms. The maximum atomic E-state index is 12.9. The number of nitrogens with one attached hydrogen (secondary N) is 1. The van der Waals surface area contributed by atoms with Crippen LogP contribution in [0.25, 0.3) is 0 Å². The zero-order valence-electron chi connectivity index (χ0n) is 18.5. The van der Waals surface area contributed by atoms with Gasteiger partial charge in [-0.3, -0.25) is 4.79 Å². The lowest BCUT2D eigenvalue weighted by atomic mass is 10.1. The van der Waals surface area contributed by atoms with Crippen LogP contribution in [0.2, 0.25) is 0 Å². The van der Waals surface area contributed by atoms with Crippen LogP contribution in [0.5, 0.6) is 11.5 Å². The quantitative estimate of drug-likeness (QED) is 0.582. The van der Waals surface area contributed by atoms with E-state index in [0.29, 0.717) is 50.6 Å². The van der Waals surface area contributed by atoms with Crippen molar-refractivity contribution in [2.24, 2.45) is 0 Å². The third-order valence-electron chi connectivity index (χ3n) is 5.13. The van der Waals surface area contributed by atoms with Crippen molar-refractivity contribution in [2.45, 2.75) is 30.7 Å². The molecule has 0 saturated carbocycles. The van der Waals surface area contributed by atoms with Crippen molar-refractivity contribution in [1.29, 1.82) is 0 Å². The number of hydrogen-bond acceptors (Lipinski definition) is 6. The SMILES string of the molecule is COc1ccc(S(=O)(=O)N2CCOCC2)cc1CCC(=O)N[C@@H](C)COc1ccccc1. The summed E-state index contributed by atoms with van der Waals surface area (Å²) in [5.41, 5.74) is 0.671. The molecule has 32 heavy (non-hydrogen) atoms. The Kier molecular flexibility index (Phi) is 8.49. The van der Waals surface area contributed by atoms with E-state index < -0.39 is 10.0 Å². The summed E-state index contributed by atoms with van der Waals surface area (Å²) in [6, 6.07) is 14.0. The standard InChI is InChI=1S/C23H30N2O6S/c1-18(17-31-20-6-4-3-5-7-20)24-23(26)11-8-19-16-21(9-10-22(19)29-2)32(27,28)25-12-14-30-15-13-25/h3-7,9-10,16,18H,8,11-15,17H2,1-2H3,(H,24,26)/t18-/m0/s1. The first-order chi connectivity index (χ1) is 15.4. The Bertz CT molecular complexity index is 991. The van der Waals surface area contributed by atoms with Gasteiger partial charge in [0.1, 0.15) is 18.1 Å². The van der Waals surface area contributed by atoms with Gasteiger partial charge in [0.25, 0.3) is 0 Å². The van der Waals surface area contributed by atoms with E-state index in [4.69, 9.17) is 14.2 Å². The summed E-state index contributed by atoms with van der Waals surface area (Å²) in [4.78, 5) is 12.6. The number of methoxy groups -OCH3 is 1. The van der Waals surface area contributed by atoms with Crippen LogP contribution in [0.4, 0.5) is 0 Å². The normalized spacial score (nSPS) is 15.7. The van der Waals surface area contributed by atoms with Gasteiger partial charge in [0.05, 0.1) is 31.3 Å². The number of morpholine rings is 1. The molecule has 2 aromatic rings. The topological polar surface area (TPSA) is 94.2 Å². The molecule has 1 fully saturated rings. The average molecular weight is 463 g/mol. The number of hydrogen-bond donors (Lipinski definition) is 1. The van der Waals surface area contributed by atoms with Gasteiger partial charge in [0.15, 0.2) is 0 Å². The highest BCUT2D eigenvalue weighted by Crippen LogP contribution is 2.26. The zero-order valence-corrected chi connectivity index (χ0v) is 19.3. The summed E-state index contributed by atoms with van der Waals surface area (Å²) >= 11 is 0. The number of carbonyl (C=O) groups excluding carboxylic acids is 1. The van der Waals surface area contributed by atoms with Gasteiger partial charge in [0.2, 0.25) is 15.9 Å². The summed E-state index contributed by atoms with van der Waals surface area (Å²) in [6.45, 7) is 3.65. The second-order valence-corrected chi connectivity index (χ2v) is 9.52. The van der Waals surface area contributed by atoms with Crippen LogP contribution in [0.15, 0.2) is 53.4 Å². The lowest BCUT2D eigenvalue weighted by Crippen LogP contribution is -2.40. The van der Waals surface area contributed by atoms with E-state index in [2.05, 4.69) is 5.32 Å². The molecule has 0 radical (unpaired) electrons. The molecule has 1 aliphatic rings. The Balaban J connectivity index is 1.58. The average Bonchev–Trinajstić information content (AvgIpc) is 2.82. The first kappa shape index (κ1) is 24.0. The third kappa shape index (κ3) is 6.44. The van der Waals surface area contributed by atoms with Gasteiger partial charge in [-0.15, -0.1) is 0 Å². The van der Waals surface area contributed by atoms with Gasteiger partial charge in [-0.2, -0.15) is 4.31 Å². The number of amides is 1. The predicted octanol–water partition coefficient (Wildman–Crippen LogP) is 2.23. The fourth-order valence-electron chi connectivity index (χ4n) is 3.42. The minimum atomic E-state index is -3.62. The number of nitrogens with zero attached hydrogens (tertiary/aromatic N) is 1. The maximum absolute atomic E-state index is 12.9. The van der Waals surface area contributed by atoms with Gasteiger partial charge in [-0.05, 0) is 49.2 Å². The van der Waals surface area contributed by atoms with Crippen molar-refractivity contribution in [1.82, 2.24) is 9.62 Å². The first-order valence-electron chi connectivity index (χ1n) is 10.6. The Morgan fingerprint density at radius 1 is 1.16 bits per heavy atom. The van der Waals surface area contributed by atoms with Crippen molar-refractivity contribution in [2.75, 3.05) is 40.0 Å². The predicted molar refractivity (Wildman–Crippen MR) is 120 cm³/mol. The van der Waals surface area contributed by atoms with Crippen LogP contribution in [-0.2, 0) is 26.0 Å². The number of para-hydroxylation sites is 1. The monoisotopic (exact) mass is 462 g/mol. The van der Waals surface area contributed by atoms with Crippen LogP contribution in [0.3, 0.4) is 0 Å². The molecular formula is C23H30N2O6S. The van der Waals surface area contributed by atoms with Crippen LogP contribution in [0.1, 0.15) is 18.9 Å². The molecule has 0 unspecified atom stereocenters. The Morgan fingerprint density at radius 3 is 2.56 bits per heavy atom. The fraction of sp³-hybridized carbons (Fsp3) is 0.435. The van der Waals surface area contributed by atoms with E-state index in [1.165, 1.54) is 17.5 Å². The van der Waals surface area contributed by atoms with E-state index in [9.17, 15) is 13.2 Å². The number of carbonyl (C=O) groups is 1. The lowest BCUT2D eigenvalue weighted by Gasteiger charge is -2.26. The molecule has 1 atom stereocenters. The molecular weight excluding hydrogens is 432 g/mol. The van der Waals surface area contributed by atoms with Crippen molar-refractivity contribution in [3.8, 4) is 11.5 Å². The summed E-state index contributed by atoms with van der Waals surface area (Å²) < 4.78 is 43.6. The molecule has 0 bridgehead atoms. The molecule has 1 heterocycles. The molecule has 3 rings (SSSR count). The molecule has 174 valence electrons. The van der Waals surface area contributed by atoms with E-state index >= 15 is 0 Å². The highest BCUT2D eigenvalue weighted by atomic mass is 32.2. The highest BCUT2D eigenvalue weighted by Gasteiger charge is 2.27. The number of rotatable bonds is 10. The highest BCUT2D eigenvalue weighted by molar-refractivity contribution is 7.89. The van der Waals surface area contributed by atoms with Crippen LogP contribution in [-0.4, -0.2) is 64.7 Å². The molecule has 0 aliphatic carbocycles. The molecule has 0 spiro atoms. The summed E-state index contributed by atoms with van der Waals surface area (Å²) in [5, 5.41) is 2.91. The second kappa shape index (κ2) is 11.3. The van der Waals surface area contributed by atoms with Crippen molar-refractivity contribution in [3.05, 3.63) is 54.1 Å². The van der Waals surface area contributed by atoms with Gasteiger partial charge in [-0.1, -0.05) is 18.2 Å². The van der Waals surface area contributed by atoms with E-state index in [1.54, 1.807) is 12.1 Å². The first-order valence-corrected chi connectivity index (χ1v) is 12.1. The van der Waals surface area contributed by atoms with Crippen molar-refractivity contribution >= 4 is 15.9 Å². The number of aryl methyl sites for hydroxylation is 1. The molecule has 1 amide bonds. The smallest absolute Gasteiger partial charge is 0.243 e. The minimum Gasteiger partial charge on any atom is -0.496 e. The fourth-order valence-corrected chi connectivity index (χ4v) is 4.88. The largest absolute Gasteiger partial charge is 0.496 e. The molecule has 1 aliphatic heterocycles. The van der Waals surface area contributed by atoms with Gasteiger partial charge >= 0.3 is 0 Å². The van der Waals surface area contributed by atoms with E-state index in [-0.39, 0.29) is 23.3 Å².